The molecule has 0 bridgehead atoms. The fourth-order valence-corrected chi connectivity index (χ4v) is 3.68. The van der Waals surface area contributed by atoms with Gasteiger partial charge in [-0.2, -0.15) is 0 Å². The summed E-state index contributed by atoms with van der Waals surface area (Å²) in [5.74, 6) is 1.65. The molecule has 1 fully saturated rings. The van der Waals surface area contributed by atoms with Crippen LogP contribution in [0.1, 0.15) is 104 Å². The molecule has 0 atom stereocenters. The third-order valence-corrected chi connectivity index (χ3v) is 5.40. The highest BCUT2D eigenvalue weighted by atomic mass is 16.3. The zero-order valence-electron chi connectivity index (χ0n) is 14.3. The molecule has 0 aromatic rings. The molecule has 20 heavy (non-hydrogen) atoms. The number of rotatable bonds is 10. The van der Waals surface area contributed by atoms with Crippen LogP contribution in [0.5, 0.6) is 0 Å². The van der Waals surface area contributed by atoms with Crippen LogP contribution in [0, 0.1) is 11.8 Å². The van der Waals surface area contributed by atoms with Gasteiger partial charge in [-0.15, -0.1) is 0 Å². The summed E-state index contributed by atoms with van der Waals surface area (Å²) in [6.45, 7) is 6.93. The van der Waals surface area contributed by atoms with E-state index in [-0.39, 0.29) is 5.60 Å². The molecule has 0 aliphatic heterocycles. The average molecular weight is 283 g/mol. The molecule has 1 aliphatic rings. The van der Waals surface area contributed by atoms with Gasteiger partial charge in [-0.3, -0.25) is 0 Å². The van der Waals surface area contributed by atoms with Gasteiger partial charge in [0, 0.05) is 0 Å². The number of hydrogen-bond acceptors (Lipinski definition) is 1. The van der Waals surface area contributed by atoms with Gasteiger partial charge in [0.2, 0.25) is 0 Å². The van der Waals surface area contributed by atoms with E-state index in [1.165, 1.54) is 64.2 Å². The lowest BCUT2D eigenvalue weighted by molar-refractivity contribution is -0.0238. The summed E-state index contributed by atoms with van der Waals surface area (Å²) < 4.78 is 0. The Balaban J connectivity index is 2.01. The van der Waals surface area contributed by atoms with Crippen LogP contribution in [0.4, 0.5) is 0 Å². The second-order valence-corrected chi connectivity index (χ2v) is 7.53. The molecule has 0 unspecified atom stereocenters. The lowest BCUT2D eigenvalue weighted by atomic mass is 9.73. The van der Waals surface area contributed by atoms with Crippen LogP contribution in [0.3, 0.4) is 0 Å². The van der Waals surface area contributed by atoms with E-state index < -0.39 is 0 Å². The minimum absolute atomic E-state index is 0.312. The monoisotopic (exact) mass is 282 g/mol. The minimum atomic E-state index is -0.312. The molecule has 120 valence electrons. The first-order chi connectivity index (χ1) is 9.57. The molecule has 0 aromatic carbocycles. The van der Waals surface area contributed by atoms with Crippen molar-refractivity contribution in [1.82, 2.24) is 0 Å². The van der Waals surface area contributed by atoms with Gasteiger partial charge < -0.3 is 5.11 Å². The van der Waals surface area contributed by atoms with Gasteiger partial charge in [-0.1, -0.05) is 72.1 Å². The summed E-state index contributed by atoms with van der Waals surface area (Å²) >= 11 is 0. The fourth-order valence-electron chi connectivity index (χ4n) is 3.68. The summed E-state index contributed by atoms with van der Waals surface area (Å²) in [7, 11) is 0. The van der Waals surface area contributed by atoms with E-state index >= 15 is 0 Å². The molecule has 0 heterocycles. The van der Waals surface area contributed by atoms with E-state index in [1.807, 2.05) is 0 Å². The second-order valence-electron chi connectivity index (χ2n) is 7.53. The van der Waals surface area contributed by atoms with Gasteiger partial charge in [0.1, 0.15) is 0 Å². The predicted molar refractivity (Wildman–Crippen MR) is 89.0 cm³/mol. The Morgan fingerprint density at radius 2 is 1.40 bits per heavy atom. The first-order valence-electron chi connectivity index (χ1n) is 9.30. The SMILES string of the molecule is CCCCCCCCCCC1(O)CCC(C(C)C)CC1. The Hall–Kier alpha value is -0.0400. The highest BCUT2D eigenvalue weighted by Gasteiger charge is 2.33. The van der Waals surface area contributed by atoms with E-state index in [9.17, 15) is 5.11 Å². The molecule has 0 aromatic heterocycles. The van der Waals surface area contributed by atoms with Gasteiger partial charge in [-0.25, -0.2) is 0 Å². The smallest absolute Gasteiger partial charge is 0.0648 e. The molecule has 0 radical (unpaired) electrons. The van der Waals surface area contributed by atoms with Crippen molar-refractivity contribution in [3.63, 3.8) is 0 Å². The maximum atomic E-state index is 10.6. The van der Waals surface area contributed by atoms with Crippen LogP contribution in [0.15, 0.2) is 0 Å². The van der Waals surface area contributed by atoms with Crippen molar-refractivity contribution in [2.75, 3.05) is 0 Å². The molecular formula is C19H38O. The third kappa shape index (κ3) is 7.11. The van der Waals surface area contributed by atoms with Crippen molar-refractivity contribution in [2.45, 2.75) is 110 Å². The van der Waals surface area contributed by atoms with Crippen molar-refractivity contribution in [1.29, 1.82) is 0 Å². The molecule has 0 amide bonds. The minimum Gasteiger partial charge on any atom is -0.390 e. The van der Waals surface area contributed by atoms with Gasteiger partial charge in [0.15, 0.2) is 0 Å². The number of aliphatic hydroxyl groups is 1. The Morgan fingerprint density at radius 1 is 0.900 bits per heavy atom. The van der Waals surface area contributed by atoms with Crippen molar-refractivity contribution in [2.24, 2.45) is 11.8 Å². The van der Waals surface area contributed by atoms with Crippen molar-refractivity contribution >= 4 is 0 Å². The van der Waals surface area contributed by atoms with Crippen molar-refractivity contribution in [3.05, 3.63) is 0 Å². The quantitative estimate of drug-likeness (QED) is 0.480. The first kappa shape index (κ1) is 18.0. The molecule has 1 saturated carbocycles. The number of hydrogen-bond donors (Lipinski definition) is 1. The van der Waals surface area contributed by atoms with Crippen molar-refractivity contribution in [3.8, 4) is 0 Å². The second kappa shape index (κ2) is 9.82. The van der Waals surface area contributed by atoms with Crippen molar-refractivity contribution < 1.29 is 5.11 Å². The highest BCUT2D eigenvalue weighted by Crippen LogP contribution is 2.38. The van der Waals surface area contributed by atoms with E-state index in [1.54, 1.807) is 0 Å². The zero-order chi connectivity index (χ0) is 14.8. The van der Waals surface area contributed by atoms with Gasteiger partial charge in [0.25, 0.3) is 0 Å². The lowest BCUT2D eigenvalue weighted by Crippen LogP contribution is -2.35. The van der Waals surface area contributed by atoms with E-state index in [2.05, 4.69) is 20.8 Å². The Bertz CT molecular complexity index is 226. The van der Waals surface area contributed by atoms with Crippen LogP contribution < -0.4 is 0 Å². The zero-order valence-corrected chi connectivity index (χ0v) is 14.3. The van der Waals surface area contributed by atoms with E-state index in [0.29, 0.717) is 0 Å². The predicted octanol–water partition coefficient (Wildman–Crippen LogP) is 6.09. The van der Waals surface area contributed by atoms with E-state index in [0.717, 1.165) is 31.1 Å². The molecule has 0 saturated heterocycles. The molecule has 1 N–H and O–H groups in total. The molecule has 1 heteroatoms. The number of unbranched alkanes of at least 4 members (excludes halogenated alkanes) is 7. The summed E-state index contributed by atoms with van der Waals surface area (Å²) in [4.78, 5) is 0. The van der Waals surface area contributed by atoms with E-state index in [4.69, 9.17) is 0 Å². The van der Waals surface area contributed by atoms with Crippen LogP contribution in [0.25, 0.3) is 0 Å². The molecule has 1 rings (SSSR count). The summed E-state index contributed by atoms with van der Waals surface area (Å²) in [5, 5.41) is 10.6. The lowest BCUT2D eigenvalue weighted by Gasteiger charge is -2.37. The standard InChI is InChI=1S/C19H38O/c1-4-5-6-7-8-9-10-11-14-19(20)15-12-18(13-16-19)17(2)3/h17-18,20H,4-16H2,1-3H3. The Morgan fingerprint density at radius 3 is 1.90 bits per heavy atom. The normalized spacial score (nSPS) is 27.1. The maximum absolute atomic E-state index is 10.6. The highest BCUT2D eigenvalue weighted by molar-refractivity contribution is 4.86. The topological polar surface area (TPSA) is 20.2 Å². The Kier molecular flexibility index (Phi) is 8.84. The molecular weight excluding hydrogens is 244 g/mol. The third-order valence-electron chi connectivity index (χ3n) is 5.40. The first-order valence-corrected chi connectivity index (χ1v) is 9.30. The van der Waals surface area contributed by atoms with Crippen LogP contribution in [0.2, 0.25) is 0 Å². The fraction of sp³-hybridized carbons (Fsp3) is 1.00. The summed E-state index contributed by atoms with van der Waals surface area (Å²) in [6.07, 6.45) is 16.5. The Labute approximate surface area is 127 Å². The van der Waals surface area contributed by atoms with Crippen LogP contribution >= 0.6 is 0 Å². The largest absolute Gasteiger partial charge is 0.390 e. The molecule has 0 spiro atoms. The average Bonchev–Trinajstić information content (AvgIpc) is 2.42. The summed E-state index contributed by atoms with van der Waals surface area (Å²) in [5.41, 5.74) is -0.312. The van der Waals surface area contributed by atoms with Gasteiger partial charge >= 0.3 is 0 Å². The maximum Gasteiger partial charge on any atom is 0.0648 e. The molecule has 1 aliphatic carbocycles. The van der Waals surface area contributed by atoms with Crippen LogP contribution in [-0.2, 0) is 0 Å². The summed E-state index contributed by atoms with van der Waals surface area (Å²) in [6, 6.07) is 0. The van der Waals surface area contributed by atoms with Gasteiger partial charge in [-0.05, 0) is 43.9 Å². The van der Waals surface area contributed by atoms with Gasteiger partial charge in [0.05, 0.1) is 5.60 Å². The van der Waals surface area contributed by atoms with Crippen LogP contribution in [-0.4, -0.2) is 10.7 Å². The molecule has 1 nitrogen and oxygen atoms in total.